The van der Waals surface area contributed by atoms with Crippen molar-refractivity contribution in [3.8, 4) is 0 Å². The lowest BCUT2D eigenvalue weighted by Crippen LogP contribution is -2.48. The number of benzene rings is 1. The maximum Gasteiger partial charge on any atom is 0.315 e. The van der Waals surface area contributed by atoms with Crippen LogP contribution in [0.3, 0.4) is 0 Å². The summed E-state index contributed by atoms with van der Waals surface area (Å²) >= 11 is 5.83. The average molecular weight is 387 g/mol. The maximum atomic E-state index is 12.5. The van der Waals surface area contributed by atoms with Gasteiger partial charge in [0.2, 0.25) is 5.91 Å². The normalized spacial score (nSPS) is 21.9. The molecule has 2 saturated heterocycles. The molecule has 2 heterocycles. The lowest BCUT2D eigenvalue weighted by atomic mass is 10.1. The van der Waals surface area contributed by atoms with E-state index in [0.717, 1.165) is 37.9 Å². The molecule has 0 spiro atoms. The number of halogens is 2. The van der Waals surface area contributed by atoms with Gasteiger partial charge in [0.05, 0.1) is 6.54 Å². The Bertz CT molecular complexity index is 583. The van der Waals surface area contributed by atoms with Crippen LogP contribution in [-0.4, -0.2) is 48.6 Å². The van der Waals surface area contributed by atoms with E-state index >= 15 is 0 Å². The predicted molar refractivity (Wildman–Crippen MR) is 100 cm³/mol. The van der Waals surface area contributed by atoms with Gasteiger partial charge in [0.25, 0.3) is 0 Å². The zero-order valence-electron chi connectivity index (χ0n) is 14.0. The van der Waals surface area contributed by atoms with Crippen LogP contribution in [0, 0.1) is 0 Å². The van der Waals surface area contributed by atoms with E-state index in [-0.39, 0.29) is 36.9 Å². The summed E-state index contributed by atoms with van der Waals surface area (Å²) in [6.07, 6.45) is 3.11. The molecule has 138 valence electrons. The van der Waals surface area contributed by atoms with Crippen LogP contribution in [0.15, 0.2) is 24.3 Å². The minimum absolute atomic E-state index is 0. The summed E-state index contributed by atoms with van der Waals surface area (Å²) in [6.45, 7) is 2.25. The first-order valence-corrected chi connectivity index (χ1v) is 8.79. The van der Waals surface area contributed by atoms with Crippen LogP contribution < -0.4 is 16.0 Å². The number of carbonyl (C=O) groups excluding carboxylic acids is 2. The van der Waals surface area contributed by atoms with Crippen LogP contribution in [0.2, 0.25) is 5.02 Å². The van der Waals surface area contributed by atoms with Crippen molar-refractivity contribution in [2.45, 2.75) is 37.9 Å². The van der Waals surface area contributed by atoms with Gasteiger partial charge in [-0.2, -0.15) is 0 Å². The number of rotatable bonds is 4. The Balaban J connectivity index is 0.00000225. The summed E-state index contributed by atoms with van der Waals surface area (Å²) in [6, 6.07) is 7.52. The highest BCUT2D eigenvalue weighted by Crippen LogP contribution is 2.27. The van der Waals surface area contributed by atoms with Gasteiger partial charge in [-0.3, -0.25) is 4.79 Å². The van der Waals surface area contributed by atoms with E-state index in [1.807, 2.05) is 17.0 Å². The van der Waals surface area contributed by atoms with E-state index in [1.165, 1.54) is 0 Å². The van der Waals surface area contributed by atoms with Gasteiger partial charge in [0.15, 0.2) is 0 Å². The maximum absolute atomic E-state index is 12.5. The molecule has 3 N–H and O–H groups in total. The molecule has 2 atom stereocenters. The minimum atomic E-state index is -0.335. The average Bonchev–Trinajstić information content (AvgIpc) is 2.85. The monoisotopic (exact) mass is 386 g/mol. The van der Waals surface area contributed by atoms with Gasteiger partial charge in [0.1, 0.15) is 0 Å². The van der Waals surface area contributed by atoms with Gasteiger partial charge < -0.3 is 20.9 Å². The number of nitrogens with zero attached hydrogens (tertiary/aromatic N) is 1. The number of hydrogen-bond acceptors (Lipinski definition) is 3. The summed E-state index contributed by atoms with van der Waals surface area (Å²) in [4.78, 5) is 26.3. The Hall–Kier alpha value is -1.50. The van der Waals surface area contributed by atoms with Gasteiger partial charge in [-0.25, -0.2) is 4.79 Å². The summed E-state index contributed by atoms with van der Waals surface area (Å²) in [5.41, 5.74) is 0.956. The van der Waals surface area contributed by atoms with E-state index in [9.17, 15) is 9.59 Å². The summed E-state index contributed by atoms with van der Waals surface area (Å²) in [5.74, 6) is 0.00726. The van der Waals surface area contributed by atoms with Crippen molar-refractivity contribution in [2.24, 2.45) is 0 Å². The first-order chi connectivity index (χ1) is 11.6. The lowest BCUT2D eigenvalue weighted by Gasteiger charge is -2.28. The van der Waals surface area contributed by atoms with Crippen molar-refractivity contribution in [3.05, 3.63) is 34.9 Å². The molecule has 6 nitrogen and oxygen atoms in total. The first kappa shape index (κ1) is 19.8. The van der Waals surface area contributed by atoms with Crippen LogP contribution in [0.4, 0.5) is 4.79 Å². The predicted octanol–water partition coefficient (Wildman–Crippen LogP) is 1.91. The second-order valence-electron chi connectivity index (χ2n) is 6.34. The molecule has 0 aliphatic carbocycles. The largest absolute Gasteiger partial charge is 0.334 e. The molecule has 0 aromatic heterocycles. The minimum Gasteiger partial charge on any atom is -0.334 e. The lowest BCUT2D eigenvalue weighted by molar-refractivity contribution is -0.132. The summed E-state index contributed by atoms with van der Waals surface area (Å²) in [7, 11) is 0. The third-order valence-corrected chi connectivity index (χ3v) is 4.96. The molecule has 2 aliphatic heterocycles. The zero-order chi connectivity index (χ0) is 16.9. The quantitative estimate of drug-likeness (QED) is 0.739. The van der Waals surface area contributed by atoms with Gasteiger partial charge in [-0.15, -0.1) is 12.4 Å². The zero-order valence-corrected chi connectivity index (χ0v) is 15.5. The molecular formula is C17H24Cl2N4O2. The standard InChI is InChI=1S/C17H23ClN4O2.ClH/c18-13-3-1-12(2-4-13)9-20-17(24)21-11-16(23)22-14-5-6-15(22)10-19-8-7-14;/h1-4,14-15,19H,5-11H2,(H2,20,21,24);1H. The van der Waals surface area contributed by atoms with Gasteiger partial charge in [-0.05, 0) is 43.5 Å². The van der Waals surface area contributed by atoms with E-state index in [0.29, 0.717) is 17.6 Å². The third kappa shape index (κ3) is 5.23. The van der Waals surface area contributed by atoms with Crippen LogP contribution >= 0.6 is 24.0 Å². The first-order valence-electron chi connectivity index (χ1n) is 8.41. The van der Waals surface area contributed by atoms with Crippen LogP contribution in [0.1, 0.15) is 24.8 Å². The molecule has 3 rings (SSSR count). The summed E-state index contributed by atoms with van der Waals surface area (Å²) < 4.78 is 0. The van der Waals surface area contributed by atoms with E-state index in [2.05, 4.69) is 16.0 Å². The highest BCUT2D eigenvalue weighted by molar-refractivity contribution is 6.30. The van der Waals surface area contributed by atoms with Crippen LogP contribution in [-0.2, 0) is 11.3 Å². The topological polar surface area (TPSA) is 73.5 Å². The fraction of sp³-hybridized carbons (Fsp3) is 0.529. The highest BCUT2D eigenvalue weighted by Gasteiger charge is 2.37. The van der Waals surface area contributed by atoms with Gasteiger partial charge in [-0.1, -0.05) is 23.7 Å². The van der Waals surface area contributed by atoms with Crippen molar-refractivity contribution >= 4 is 35.9 Å². The molecule has 25 heavy (non-hydrogen) atoms. The molecule has 1 aromatic carbocycles. The van der Waals surface area contributed by atoms with Gasteiger partial charge >= 0.3 is 6.03 Å². The fourth-order valence-corrected chi connectivity index (χ4v) is 3.61. The molecule has 2 fully saturated rings. The number of amides is 3. The summed E-state index contributed by atoms with van der Waals surface area (Å²) in [5, 5.41) is 9.44. The van der Waals surface area contributed by atoms with E-state index < -0.39 is 0 Å². The molecule has 0 radical (unpaired) electrons. The third-order valence-electron chi connectivity index (χ3n) is 4.71. The number of hydrogen-bond donors (Lipinski definition) is 3. The van der Waals surface area contributed by atoms with Crippen molar-refractivity contribution in [3.63, 3.8) is 0 Å². The van der Waals surface area contributed by atoms with Crippen molar-refractivity contribution in [1.29, 1.82) is 0 Å². The molecular weight excluding hydrogens is 363 g/mol. The van der Waals surface area contributed by atoms with E-state index in [4.69, 9.17) is 11.6 Å². The number of fused-ring (bicyclic) bond motifs is 2. The molecule has 3 amide bonds. The van der Waals surface area contributed by atoms with Crippen molar-refractivity contribution in [2.75, 3.05) is 19.6 Å². The van der Waals surface area contributed by atoms with Gasteiger partial charge in [0, 0.05) is 30.2 Å². The highest BCUT2D eigenvalue weighted by atomic mass is 35.5. The van der Waals surface area contributed by atoms with Crippen LogP contribution in [0.5, 0.6) is 0 Å². The second-order valence-corrected chi connectivity index (χ2v) is 6.78. The molecule has 2 aliphatic rings. The number of carbonyl (C=O) groups is 2. The Morgan fingerprint density at radius 2 is 1.84 bits per heavy atom. The smallest absolute Gasteiger partial charge is 0.315 e. The molecule has 1 aromatic rings. The Morgan fingerprint density at radius 3 is 2.60 bits per heavy atom. The fourth-order valence-electron chi connectivity index (χ4n) is 3.48. The van der Waals surface area contributed by atoms with Crippen molar-refractivity contribution in [1.82, 2.24) is 20.9 Å². The molecule has 2 unspecified atom stereocenters. The number of nitrogens with one attached hydrogen (secondary N) is 3. The van der Waals surface area contributed by atoms with E-state index in [1.54, 1.807) is 12.1 Å². The Kier molecular flexibility index (Phi) is 7.35. The van der Waals surface area contributed by atoms with Crippen LogP contribution in [0.25, 0.3) is 0 Å². The molecule has 2 bridgehead atoms. The Morgan fingerprint density at radius 1 is 1.12 bits per heavy atom. The Labute approximate surface area is 159 Å². The SMILES string of the molecule is Cl.O=C(NCC(=O)N1C2CCNCC1CC2)NCc1ccc(Cl)cc1. The second kappa shape index (κ2) is 9.27. The molecule has 0 saturated carbocycles. The van der Waals surface area contributed by atoms with Crippen molar-refractivity contribution < 1.29 is 9.59 Å². The molecule has 8 heteroatoms. The number of urea groups is 1.